The van der Waals surface area contributed by atoms with Gasteiger partial charge in [-0.2, -0.15) is 10.5 Å². The van der Waals surface area contributed by atoms with E-state index in [1.807, 2.05) is 146 Å². The molecule has 0 aliphatic carbocycles. The fourth-order valence-corrected chi connectivity index (χ4v) is 19.6. The maximum Gasteiger partial charge on any atom is 0.134 e. The number of fused-ring (bicyclic) bond motifs is 12. The third-order valence-corrected chi connectivity index (χ3v) is 25.8. The van der Waals surface area contributed by atoms with Crippen LogP contribution in [-0.4, -0.2) is 18.3 Å². The van der Waals surface area contributed by atoms with Gasteiger partial charge < -0.3 is 18.3 Å². The summed E-state index contributed by atoms with van der Waals surface area (Å²) >= 11 is 0. The molecule has 0 amide bonds. The molecule has 0 aliphatic rings. The lowest BCUT2D eigenvalue weighted by Crippen LogP contribution is -2.07. The number of halogens is 4. The Balaban J connectivity index is 0.000000150. The Kier molecular flexibility index (Phi) is 19.7. The molecule has 24 rings (SSSR count). The maximum atomic E-state index is 17.0. The van der Waals surface area contributed by atoms with Crippen molar-refractivity contribution < 1.29 is 17.6 Å². The molecule has 0 spiro atoms. The third kappa shape index (κ3) is 13.7. The minimum atomic E-state index is -0.714. The van der Waals surface area contributed by atoms with Gasteiger partial charge in [0, 0.05) is 54.2 Å². The van der Waals surface area contributed by atoms with Crippen molar-refractivity contribution in [3.05, 3.63) is 483 Å². The summed E-state index contributed by atoms with van der Waals surface area (Å²) in [5, 5.41) is 29.7. The van der Waals surface area contributed by atoms with Crippen molar-refractivity contribution in [2.24, 2.45) is 0 Å². The zero-order valence-corrected chi connectivity index (χ0v) is 70.9. The molecule has 0 saturated heterocycles. The molecule has 0 saturated carbocycles. The van der Waals surface area contributed by atoms with Gasteiger partial charge in [0.1, 0.15) is 23.3 Å². The number of nitrogens with zero attached hydrogens (tertiary/aromatic N) is 6. The number of hydrogen-bond donors (Lipinski definition) is 0. The molecule has 0 unspecified atom stereocenters. The summed E-state index contributed by atoms with van der Waals surface area (Å²) in [6.45, 7) is 0. The third-order valence-electron chi connectivity index (χ3n) is 25.8. The van der Waals surface area contributed by atoms with E-state index in [4.69, 9.17) is 0 Å². The van der Waals surface area contributed by atoms with E-state index in [9.17, 15) is 10.5 Å². The van der Waals surface area contributed by atoms with Crippen molar-refractivity contribution in [1.29, 1.82) is 10.5 Å². The van der Waals surface area contributed by atoms with Crippen molar-refractivity contribution in [2.45, 2.75) is 0 Å². The molecule has 6 nitrogen and oxygen atoms in total. The Bertz CT molecular complexity index is 7920. The molecular weight excluding hydrogens is 1630 g/mol. The number of nitriles is 2. The van der Waals surface area contributed by atoms with Crippen LogP contribution in [0, 0.1) is 45.9 Å². The van der Waals surface area contributed by atoms with Crippen LogP contribution in [0.1, 0.15) is 11.1 Å². The smallest absolute Gasteiger partial charge is 0.134 e. The van der Waals surface area contributed by atoms with E-state index in [1.54, 1.807) is 24.3 Å². The van der Waals surface area contributed by atoms with Crippen LogP contribution in [0.5, 0.6) is 0 Å². The molecule has 0 fully saturated rings. The SMILES string of the molecule is N#Cc1cc(-n2c3cc(-c4ccccc4)ccc3c3ccc(-c4ccccc4)cc32)c(-c2c(F)cccc2F)c(-n2c3cc(-c4ccccc4)ccc3c3ccc(-c4ccccc4)cc32)c1.N#Cc1cc(-n2c3ccc(-c4ccccc4)cc3c3cc(-c4ccccc4)ccc32)c(-c2c(F)cccc2F)c(-n2c3ccc(-c4ccccc4)cc3c3cc(-c4ccccc4)ccc32)c1. The molecule has 0 N–H and O–H groups in total. The first-order chi connectivity index (χ1) is 65.0. The molecule has 132 heavy (non-hydrogen) atoms. The highest BCUT2D eigenvalue weighted by Crippen LogP contribution is 2.50. The molecule has 10 heteroatoms. The van der Waals surface area contributed by atoms with Crippen LogP contribution in [0.2, 0.25) is 0 Å². The van der Waals surface area contributed by atoms with Crippen molar-refractivity contribution in [3.8, 4) is 146 Å². The first kappa shape index (κ1) is 79.0. The molecule has 4 heterocycles. The molecular formula is C122H74F4N6. The lowest BCUT2D eigenvalue weighted by molar-refractivity contribution is 0.588. The summed E-state index contributed by atoms with van der Waals surface area (Å²) < 4.78 is 76.2. The van der Waals surface area contributed by atoms with Gasteiger partial charge in [-0.05, 0) is 210 Å². The van der Waals surface area contributed by atoms with Crippen LogP contribution in [-0.2, 0) is 0 Å². The quantitative estimate of drug-likeness (QED) is 0.102. The number of hydrogen-bond acceptors (Lipinski definition) is 2. The number of benzene rings is 20. The zero-order valence-electron chi connectivity index (χ0n) is 70.9. The highest BCUT2D eigenvalue weighted by atomic mass is 19.1. The Morgan fingerprint density at radius 1 is 0.152 bits per heavy atom. The minimum absolute atomic E-state index is 0.180. The summed E-state index contributed by atoms with van der Waals surface area (Å²) in [5.74, 6) is -2.85. The van der Waals surface area contributed by atoms with Crippen molar-refractivity contribution >= 4 is 87.2 Å². The Morgan fingerprint density at radius 2 is 0.333 bits per heavy atom. The van der Waals surface area contributed by atoms with Crippen LogP contribution in [0.3, 0.4) is 0 Å². The van der Waals surface area contributed by atoms with Gasteiger partial charge in [-0.15, -0.1) is 0 Å². The number of rotatable bonds is 14. The largest absolute Gasteiger partial charge is 0.308 e. The first-order valence-electron chi connectivity index (χ1n) is 43.9. The van der Waals surface area contributed by atoms with Gasteiger partial charge >= 0.3 is 0 Å². The Morgan fingerprint density at radius 3 is 0.530 bits per heavy atom. The van der Waals surface area contributed by atoms with Crippen LogP contribution in [0.4, 0.5) is 17.6 Å². The van der Waals surface area contributed by atoms with Gasteiger partial charge in [0.2, 0.25) is 0 Å². The van der Waals surface area contributed by atoms with Gasteiger partial charge in [0.05, 0.1) is 101 Å². The highest BCUT2D eigenvalue weighted by molar-refractivity contribution is 6.17. The summed E-state index contributed by atoms with van der Waals surface area (Å²) in [6.07, 6.45) is 0. The average molecular weight is 1700 g/mol. The Labute approximate surface area is 758 Å². The predicted octanol–water partition coefficient (Wildman–Crippen LogP) is 32.7. The summed E-state index contributed by atoms with van der Waals surface area (Å²) in [5.41, 5.74) is 25.9. The second kappa shape index (κ2) is 32.9. The Hall–Kier alpha value is -17.7. The monoisotopic (exact) mass is 1700 g/mol. The van der Waals surface area contributed by atoms with E-state index < -0.39 is 23.3 Å². The van der Waals surface area contributed by atoms with Crippen molar-refractivity contribution in [1.82, 2.24) is 18.3 Å². The van der Waals surface area contributed by atoms with E-state index in [2.05, 4.69) is 273 Å². The van der Waals surface area contributed by atoms with Gasteiger partial charge in [-0.25, -0.2) is 17.6 Å². The summed E-state index contributed by atoms with van der Waals surface area (Å²) in [4.78, 5) is 0. The minimum Gasteiger partial charge on any atom is -0.308 e. The second-order valence-corrected chi connectivity index (χ2v) is 33.3. The molecule has 24 aromatic rings. The van der Waals surface area contributed by atoms with Crippen molar-refractivity contribution in [2.75, 3.05) is 0 Å². The molecule has 0 aliphatic heterocycles. The average Bonchev–Trinajstić information content (AvgIpc) is 1.55. The summed E-state index contributed by atoms with van der Waals surface area (Å²) in [6, 6.07) is 153. The maximum absolute atomic E-state index is 17.0. The summed E-state index contributed by atoms with van der Waals surface area (Å²) in [7, 11) is 0. The fraction of sp³-hybridized carbons (Fsp3) is 0. The van der Waals surface area contributed by atoms with E-state index >= 15 is 17.6 Å². The van der Waals surface area contributed by atoms with E-state index in [0.717, 1.165) is 176 Å². The topological polar surface area (TPSA) is 67.3 Å². The van der Waals surface area contributed by atoms with E-state index in [1.165, 1.54) is 36.4 Å². The van der Waals surface area contributed by atoms with Crippen molar-refractivity contribution in [3.63, 3.8) is 0 Å². The van der Waals surface area contributed by atoms with Crippen LogP contribution in [0.15, 0.2) is 449 Å². The second-order valence-electron chi connectivity index (χ2n) is 33.3. The van der Waals surface area contributed by atoms with Gasteiger partial charge in [0.25, 0.3) is 0 Å². The fourth-order valence-electron chi connectivity index (χ4n) is 19.6. The molecule has 620 valence electrons. The standard InChI is InChI=1S/2C61H37F2N3/c62-52-22-13-23-53(63)60(52)61-58(65-54-28-24-44(40-14-5-1-6-15-40)34-48(54)49-35-45(25-29-55(49)65)41-16-7-2-8-17-41)32-39(38-64)33-59(61)66-56-30-26-46(42-18-9-3-10-19-42)36-50(56)51-37-47(27-31-57(51)66)43-20-11-4-12-21-43;62-52-22-13-23-53(63)60(52)61-58(65-54-34-44(40-14-5-1-6-15-40)24-28-48(54)49-29-25-45(35-55(49)65)41-16-7-2-8-17-41)32-39(38-64)33-59(61)66-56-36-46(42-18-9-3-10-19-42)26-30-50(56)51-31-27-47(37-57(51)66)43-20-11-4-12-21-43/h2*1-37H. The first-order valence-corrected chi connectivity index (χ1v) is 43.9. The van der Waals surface area contributed by atoms with Gasteiger partial charge in [-0.1, -0.05) is 328 Å². The molecule has 4 aromatic heterocycles. The lowest BCUT2D eigenvalue weighted by atomic mass is 9.96. The predicted molar refractivity (Wildman–Crippen MR) is 534 cm³/mol. The van der Waals surface area contributed by atoms with Crippen LogP contribution >= 0.6 is 0 Å². The number of aromatic nitrogens is 4. The molecule has 20 aromatic carbocycles. The zero-order chi connectivity index (χ0) is 88.6. The van der Waals surface area contributed by atoms with Crippen LogP contribution in [0.25, 0.3) is 221 Å². The van der Waals surface area contributed by atoms with E-state index in [0.29, 0.717) is 45.0 Å². The molecule has 0 atom stereocenters. The molecule has 0 radical (unpaired) electrons. The normalized spacial score (nSPS) is 11.5. The molecule has 0 bridgehead atoms. The van der Waals surface area contributed by atoms with Crippen LogP contribution < -0.4 is 0 Å². The van der Waals surface area contributed by atoms with Gasteiger partial charge in [-0.3, -0.25) is 0 Å². The lowest BCUT2D eigenvalue weighted by Gasteiger charge is -2.22. The highest BCUT2D eigenvalue weighted by Gasteiger charge is 2.31. The van der Waals surface area contributed by atoms with E-state index in [-0.39, 0.29) is 11.1 Å². The van der Waals surface area contributed by atoms with Gasteiger partial charge in [0.15, 0.2) is 0 Å².